The number of likely N-dealkylation sites (tertiary alicyclic amines) is 1. The molecule has 1 aliphatic rings. The molecule has 0 N–H and O–H groups in total. The van der Waals surface area contributed by atoms with E-state index in [0.717, 1.165) is 32.5 Å². The van der Waals surface area contributed by atoms with Crippen molar-refractivity contribution in [3.05, 3.63) is 20.8 Å². The van der Waals surface area contributed by atoms with Gasteiger partial charge in [-0.25, -0.2) is 0 Å². The van der Waals surface area contributed by atoms with E-state index < -0.39 is 0 Å². The molecule has 17 heavy (non-hydrogen) atoms. The first-order chi connectivity index (χ1) is 8.19. The lowest BCUT2D eigenvalue weighted by Gasteiger charge is -2.35. The fourth-order valence-electron chi connectivity index (χ4n) is 2.07. The fourth-order valence-corrected chi connectivity index (χ4v) is 4.28. The van der Waals surface area contributed by atoms with Crippen molar-refractivity contribution >= 4 is 39.0 Å². The monoisotopic (exact) mass is 330 g/mol. The third-order valence-corrected chi connectivity index (χ3v) is 6.51. The number of thioether (sulfide) groups is 1. The highest BCUT2D eigenvalue weighted by Gasteiger charge is 2.33. The van der Waals surface area contributed by atoms with Gasteiger partial charge in [0.2, 0.25) is 0 Å². The summed E-state index contributed by atoms with van der Waals surface area (Å²) >= 11 is 7.08. The molecule has 0 radical (unpaired) electrons. The van der Waals surface area contributed by atoms with Gasteiger partial charge in [-0.15, -0.1) is 23.1 Å². The second-order valence-electron chi connectivity index (χ2n) is 4.28. The lowest BCUT2D eigenvalue weighted by Crippen LogP contribution is -2.41. The maximum Gasteiger partial charge on any atom is 0.104 e. The van der Waals surface area contributed by atoms with Crippen molar-refractivity contribution in [2.45, 2.75) is 24.1 Å². The molecule has 0 amide bonds. The standard InChI is InChI=1S/C12H15BrN2S2/c1-16-12(9-14)3-5-15(6-4-12)8-11-10(13)2-7-17-11/h2,7H,3-6,8H2,1H3. The lowest BCUT2D eigenvalue weighted by atomic mass is 9.97. The summed E-state index contributed by atoms with van der Waals surface area (Å²) in [7, 11) is 0. The largest absolute Gasteiger partial charge is 0.298 e. The van der Waals surface area contributed by atoms with Crippen LogP contribution >= 0.6 is 39.0 Å². The highest BCUT2D eigenvalue weighted by Crippen LogP contribution is 2.35. The van der Waals surface area contributed by atoms with E-state index >= 15 is 0 Å². The molecule has 1 fully saturated rings. The van der Waals surface area contributed by atoms with Crippen LogP contribution in [0.15, 0.2) is 15.9 Å². The molecule has 1 aromatic heterocycles. The van der Waals surface area contributed by atoms with Crippen LogP contribution in [-0.2, 0) is 6.54 Å². The third-order valence-electron chi connectivity index (χ3n) is 3.32. The average molecular weight is 331 g/mol. The van der Waals surface area contributed by atoms with Crippen LogP contribution in [0.5, 0.6) is 0 Å². The molecule has 2 nitrogen and oxygen atoms in total. The SMILES string of the molecule is CSC1(C#N)CCN(Cc2sccc2Br)CC1. The Morgan fingerprint density at radius 3 is 2.76 bits per heavy atom. The molecule has 0 spiro atoms. The van der Waals surface area contributed by atoms with Crippen molar-refractivity contribution in [2.75, 3.05) is 19.3 Å². The molecule has 0 bridgehead atoms. The quantitative estimate of drug-likeness (QED) is 0.844. The van der Waals surface area contributed by atoms with Gasteiger partial charge in [-0.05, 0) is 46.5 Å². The summed E-state index contributed by atoms with van der Waals surface area (Å²) in [6, 6.07) is 4.59. The van der Waals surface area contributed by atoms with Crippen LogP contribution in [0.25, 0.3) is 0 Å². The average Bonchev–Trinajstić information content (AvgIpc) is 2.77. The van der Waals surface area contributed by atoms with Crippen molar-refractivity contribution in [1.82, 2.24) is 4.90 Å². The lowest BCUT2D eigenvalue weighted by molar-refractivity contribution is 0.210. The number of thiophene rings is 1. The first-order valence-corrected chi connectivity index (χ1v) is 8.49. The van der Waals surface area contributed by atoms with Gasteiger partial charge >= 0.3 is 0 Å². The molecule has 2 heterocycles. The van der Waals surface area contributed by atoms with Gasteiger partial charge in [0.15, 0.2) is 0 Å². The Bertz CT molecular complexity index is 416. The van der Waals surface area contributed by atoms with Crippen molar-refractivity contribution in [1.29, 1.82) is 5.26 Å². The molecule has 2 rings (SSSR count). The normalized spacial score (nSPS) is 20.1. The predicted molar refractivity (Wildman–Crippen MR) is 78.4 cm³/mol. The summed E-state index contributed by atoms with van der Waals surface area (Å²) in [6.45, 7) is 3.06. The molecule has 1 aliphatic heterocycles. The molecule has 0 aliphatic carbocycles. The summed E-state index contributed by atoms with van der Waals surface area (Å²) in [5, 5.41) is 11.3. The summed E-state index contributed by atoms with van der Waals surface area (Å²) < 4.78 is 1.08. The molecule has 1 aromatic rings. The zero-order chi connectivity index (χ0) is 12.3. The van der Waals surface area contributed by atoms with E-state index in [1.807, 2.05) is 0 Å². The minimum absolute atomic E-state index is 0.136. The van der Waals surface area contributed by atoms with Crippen molar-refractivity contribution in [3.8, 4) is 6.07 Å². The number of hydrogen-bond donors (Lipinski definition) is 0. The van der Waals surface area contributed by atoms with E-state index in [4.69, 9.17) is 0 Å². The molecule has 92 valence electrons. The molecule has 1 saturated heterocycles. The van der Waals surface area contributed by atoms with Crippen LogP contribution in [-0.4, -0.2) is 29.0 Å². The van der Waals surface area contributed by atoms with Crippen molar-refractivity contribution in [2.24, 2.45) is 0 Å². The first-order valence-electron chi connectivity index (χ1n) is 5.60. The van der Waals surface area contributed by atoms with E-state index in [0.29, 0.717) is 0 Å². The van der Waals surface area contributed by atoms with E-state index in [-0.39, 0.29) is 4.75 Å². The van der Waals surface area contributed by atoms with Gasteiger partial charge in [-0.1, -0.05) is 0 Å². The van der Waals surface area contributed by atoms with Crippen LogP contribution in [0.4, 0.5) is 0 Å². The zero-order valence-corrected chi connectivity index (χ0v) is 13.0. The van der Waals surface area contributed by atoms with Gasteiger partial charge in [0.25, 0.3) is 0 Å². The molecule has 5 heteroatoms. The summed E-state index contributed by atoms with van der Waals surface area (Å²) in [5.74, 6) is 0. The highest BCUT2D eigenvalue weighted by atomic mass is 79.9. The molecule has 0 saturated carbocycles. The molecular weight excluding hydrogens is 316 g/mol. The van der Waals surface area contributed by atoms with Gasteiger partial charge in [0.05, 0.1) is 6.07 Å². The minimum atomic E-state index is -0.136. The Labute approximate surface area is 119 Å². The predicted octanol–water partition coefficient (Wildman–Crippen LogP) is 3.73. The zero-order valence-electron chi connectivity index (χ0n) is 9.78. The van der Waals surface area contributed by atoms with E-state index in [1.165, 1.54) is 9.35 Å². The summed E-state index contributed by atoms with van der Waals surface area (Å²) in [4.78, 5) is 3.83. The van der Waals surface area contributed by atoms with Crippen LogP contribution in [0.2, 0.25) is 0 Å². The Morgan fingerprint density at radius 1 is 1.59 bits per heavy atom. The Balaban J connectivity index is 1.92. The van der Waals surface area contributed by atoms with Gasteiger partial charge in [0, 0.05) is 29.0 Å². The van der Waals surface area contributed by atoms with Crippen molar-refractivity contribution in [3.63, 3.8) is 0 Å². The van der Waals surface area contributed by atoms with Crippen molar-refractivity contribution < 1.29 is 0 Å². The number of rotatable bonds is 3. The smallest absolute Gasteiger partial charge is 0.104 e. The number of hydrogen-bond acceptors (Lipinski definition) is 4. The number of halogens is 1. The topological polar surface area (TPSA) is 27.0 Å². The van der Waals surface area contributed by atoms with Gasteiger partial charge in [0.1, 0.15) is 4.75 Å². The first kappa shape index (κ1) is 13.4. The highest BCUT2D eigenvalue weighted by molar-refractivity contribution is 9.10. The van der Waals surface area contributed by atoms with Crippen LogP contribution in [0, 0.1) is 11.3 Å². The van der Waals surface area contributed by atoms with Gasteiger partial charge in [-0.3, -0.25) is 4.90 Å². The van der Waals surface area contributed by atoms with Gasteiger partial charge in [-0.2, -0.15) is 5.26 Å². The summed E-state index contributed by atoms with van der Waals surface area (Å²) in [6.07, 6.45) is 4.01. The van der Waals surface area contributed by atoms with Crippen LogP contribution in [0.1, 0.15) is 17.7 Å². The molecule has 0 atom stereocenters. The number of nitriles is 1. The maximum atomic E-state index is 9.23. The van der Waals surface area contributed by atoms with E-state index in [1.54, 1.807) is 23.1 Å². The fraction of sp³-hybridized carbons (Fsp3) is 0.583. The third kappa shape index (κ3) is 3.05. The van der Waals surface area contributed by atoms with E-state index in [9.17, 15) is 5.26 Å². The Hall–Kier alpha value is -0.0200. The number of nitrogens with zero attached hydrogens (tertiary/aromatic N) is 2. The number of piperidine rings is 1. The second-order valence-corrected chi connectivity index (χ2v) is 7.32. The molecule has 0 unspecified atom stereocenters. The molecular formula is C12H15BrN2S2. The Kier molecular flexibility index (Phi) is 4.53. The van der Waals surface area contributed by atoms with Crippen LogP contribution < -0.4 is 0 Å². The maximum absolute atomic E-state index is 9.23. The second kappa shape index (κ2) is 5.75. The molecule has 0 aromatic carbocycles. The van der Waals surface area contributed by atoms with E-state index in [2.05, 4.69) is 44.6 Å². The van der Waals surface area contributed by atoms with Crippen LogP contribution in [0.3, 0.4) is 0 Å². The van der Waals surface area contributed by atoms with Gasteiger partial charge < -0.3 is 0 Å². The summed E-state index contributed by atoms with van der Waals surface area (Å²) in [5.41, 5.74) is 0. The Morgan fingerprint density at radius 2 is 2.29 bits per heavy atom. The minimum Gasteiger partial charge on any atom is -0.298 e.